The maximum atomic E-state index is 12.7. The fourth-order valence-corrected chi connectivity index (χ4v) is 3.26. The predicted molar refractivity (Wildman–Crippen MR) is 87.6 cm³/mol. The second-order valence-electron chi connectivity index (χ2n) is 6.43. The molecule has 122 valence electrons. The van der Waals surface area contributed by atoms with E-state index in [1.54, 1.807) is 30.2 Å². The molecule has 0 unspecified atom stereocenters. The van der Waals surface area contributed by atoms with E-state index in [9.17, 15) is 9.90 Å². The average Bonchev–Trinajstić information content (AvgIpc) is 2.44. The number of nitrogens with zero attached hydrogens (tertiary/aromatic N) is 1. The van der Waals surface area contributed by atoms with Crippen LogP contribution < -0.4 is 0 Å². The molecule has 1 heterocycles. The van der Waals surface area contributed by atoms with E-state index >= 15 is 0 Å². The van der Waals surface area contributed by atoms with Crippen LogP contribution in [0.1, 0.15) is 30.6 Å². The van der Waals surface area contributed by atoms with Crippen LogP contribution in [0.25, 0.3) is 0 Å². The molecule has 2 rings (SSSR count). The van der Waals surface area contributed by atoms with Crippen LogP contribution in [0, 0.1) is 5.41 Å². The van der Waals surface area contributed by atoms with Crippen LogP contribution in [0.3, 0.4) is 0 Å². The van der Waals surface area contributed by atoms with Crippen LogP contribution in [0.5, 0.6) is 0 Å². The number of methoxy groups -OCH3 is 1. The standard InChI is InChI=1S/C16H21Cl2NO3/c1-15(2)9-19(8-7-16(15,21)10-22-3)14(20)11-5-4-6-12(17)13(11)18/h4-6,21H,7-10H2,1-3H3/t16-/m1/s1. The number of likely N-dealkylation sites (tertiary alicyclic amines) is 1. The second-order valence-corrected chi connectivity index (χ2v) is 7.21. The number of amides is 1. The number of piperidine rings is 1. The lowest BCUT2D eigenvalue weighted by molar-refractivity contribution is -0.144. The fraction of sp³-hybridized carbons (Fsp3) is 0.562. The monoisotopic (exact) mass is 345 g/mol. The Bertz CT molecular complexity index is 577. The Kier molecular flexibility index (Phi) is 5.07. The molecule has 1 N–H and O–H groups in total. The van der Waals surface area contributed by atoms with Crippen molar-refractivity contribution in [2.45, 2.75) is 25.9 Å². The zero-order valence-corrected chi connectivity index (χ0v) is 14.5. The zero-order chi connectivity index (χ0) is 16.5. The number of benzene rings is 1. The van der Waals surface area contributed by atoms with Gasteiger partial charge in [-0.3, -0.25) is 4.79 Å². The summed E-state index contributed by atoms with van der Waals surface area (Å²) in [5.74, 6) is -0.167. The summed E-state index contributed by atoms with van der Waals surface area (Å²) in [6, 6.07) is 5.02. The molecule has 0 bridgehead atoms. The Balaban J connectivity index is 2.22. The molecule has 0 spiro atoms. The van der Waals surface area contributed by atoms with Crippen LogP contribution >= 0.6 is 23.2 Å². The molecule has 1 saturated heterocycles. The quantitative estimate of drug-likeness (QED) is 0.914. The molecule has 1 aliphatic rings. The van der Waals surface area contributed by atoms with Gasteiger partial charge in [0.1, 0.15) is 0 Å². The minimum absolute atomic E-state index is 0.167. The molecule has 22 heavy (non-hydrogen) atoms. The first-order chi connectivity index (χ1) is 10.2. The summed E-state index contributed by atoms with van der Waals surface area (Å²) in [5.41, 5.74) is -1.04. The van der Waals surface area contributed by atoms with E-state index in [2.05, 4.69) is 0 Å². The van der Waals surface area contributed by atoms with Crippen LogP contribution in [0.15, 0.2) is 18.2 Å². The molecule has 1 atom stereocenters. The maximum absolute atomic E-state index is 12.7. The number of aliphatic hydroxyl groups is 1. The lowest BCUT2D eigenvalue weighted by atomic mass is 9.70. The number of rotatable bonds is 3. The zero-order valence-electron chi connectivity index (χ0n) is 13.0. The van der Waals surface area contributed by atoms with Crippen molar-refractivity contribution in [3.8, 4) is 0 Å². The van der Waals surface area contributed by atoms with Gasteiger partial charge in [0, 0.05) is 25.6 Å². The van der Waals surface area contributed by atoms with Crippen molar-refractivity contribution in [2.75, 3.05) is 26.8 Å². The van der Waals surface area contributed by atoms with Crippen molar-refractivity contribution in [1.29, 1.82) is 0 Å². The van der Waals surface area contributed by atoms with Crippen LogP contribution in [0.2, 0.25) is 10.0 Å². The molecule has 1 aliphatic heterocycles. The highest BCUT2D eigenvalue weighted by Crippen LogP contribution is 2.39. The van der Waals surface area contributed by atoms with Crippen LogP contribution in [-0.2, 0) is 4.74 Å². The molecule has 0 radical (unpaired) electrons. The minimum atomic E-state index is -0.948. The molecule has 0 aromatic heterocycles. The highest BCUT2D eigenvalue weighted by Gasteiger charge is 2.48. The highest BCUT2D eigenvalue weighted by atomic mass is 35.5. The molecule has 1 aromatic rings. The number of hydrogen-bond donors (Lipinski definition) is 1. The van der Waals surface area contributed by atoms with Crippen molar-refractivity contribution < 1.29 is 14.6 Å². The summed E-state index contributed by atoms with van der Waals surface area (Å²) >= 11 is 12.1. The molecule has 4 nitrogen and oxygen atoms in total. The average molecular weight is 346 g/mol. The highest BCUT2D eigenvalue weighted by molar-refractivity contribution is 6.43. The van der Waals surface area contributed by atoms with Gasteiger partial charge in [-0.1, -0.05) is 43.1 Å². The normalized spacial score (nSPS) is 24.4. The molecular weight excluding hydrogens is 325 g/mol. The van der Waals surface area contributed by atoms with Gasteiger partial charge >= 0.3 is 0 Å². The third kappa shape index (κ3) is 3.11. The summed E-state index contributed by atoms with van der Waals surface area (Å²) in [7, 11) is 1.57. The van der Waals surface area contributed by atoms with E-state index in [1.165, 1.54) is 0 Å². The first kappa shape index (κ1) is 17.5. The largest absolute Gasteiger partial charge is 0.387 e. The topological polar surface area (TPSA) is 49.8 Å². The van der Waals surface area contributed by atoms with Gasteiger partial charge in [0.15, 0.2) is 0 Å². The maximum Gasteiger partial charge on any atom is 0.255 e. The molecule has 6 heteroatoms. The van der Waals surface area contributed by atoms with Gasteiger partial charge in [0.25, 0.3) is 5.91 Å². The van der Waals surface area contributed by atoms with Crippen molar-refractivity contribution in [3.63, 3.8) is 0 Å². The first-order valence-corrected chi connectivity index (χ1v) is 7.92. The summed E-state index contributed by atoms with van der Waals surface area (Å²) in [5, 5.41) is 11.4. The molecule has 1 amide bonds. The van der Waals surface area contributed by atoms with E-state index in [1.807, 2.05) is 13.8 Å². The summed E-state index contributed by atoms with van der Waals surface area (Å²) in [6.07, 6.45) is 0.456. The van der Waals surface area contributed by atoms with Crippen LogP contribution in [-0.4, -0.2) is 48.3 Å². The second kappa shape index (κ2) is 6.36. The SMILES string of the molecule is COC[C@]1(O)CCN(C(=O)c2cccc(Cl)c2Cl)CC1(C)C. The number of ether oxygens (including phenoxy) is 1. The van der Waals surface area contributed by atoms with Gasteiger partial charge in [0.2, 0.25) is 0 Å². The molecule has 0 saturated carbocycles. The Morgan fingerprint density at radius 3 is 2.68 bits per heavy atom. The molecule has 1 aromatic carbocycles. The number of hydrogen-bond acceptors (Lipinski definition) is 3. The number of carbonyl (C=O) groups excluding carboxylic acids is 1. The van der Waals surface area contributed by atoms with E-state index in [0.717, 1.165) is 0 Å². The number of halogens is 2. The van der Waals surface area contributed by atoms with E-state index < -0.39 is 11.0 Å². The van der Waals surface area contributed by atoms with E-state index in [4.69, 9.17) is 27.9 Å². The third-order valence-corrected chi connectivity index (χ3v) is 5.31. The molecule has 0 aliphatic carbocycles. The number of carbonyl (C=O) groups is 1. The van der Waals surface area contributed by atoms with Gasteiger partial charge in [-0.2, -0.15) is 0 Å². The van der Waals surface area contributed by atoms with Gasteiger partial charge in [-0.25, -0.2) is 0 Å². The molecule has 1 fully saturated rings. The Morgan fingerprint density at radius 2 is 2.09 bits per heavy atom. The summed E-state index contributed by atoms with van der Waals surface area (Å²) in [4.78, 5) is 14.4. The fourth-order valence-electron chi connectivity index (χ4n) is 2.88. The van der Waals surface area contributed by atoms with Gasteiger partial charge in [-0.05, 0) is 18.6 Å². The summed E-state index contributed by atoms with van der Waals surface area (Å²) < 4.78 is 5.14. The van der Waals surface area contributed by atoms with Gasteiger partial charge in [0.05, 0.1) is 27.8 Å². The lowest BCUT2D eigenvalue weighted by Gasteiger charge is -2.50. The van der Waals surface area contributed by atoms with Crippen LogP contribution in [0.4, 0.5) is 0 Å². The third-order valence-electron chi connectivity index (χ3n) is 4.49. The van der Waals surface area contributed by atoms with E-state index in [-0.39, 0.29) is 17.5 Å². The van der Waals surface area contributed by atoms with Crippen molar-refractivity contribution in [3.05, 3.63) is 33.8 Å². The lowest BCUT2D eigenvalue weighted by Crippen LogP contribution is -2.60. The predicted octanol–water partition coefficient (Wildman–Crippen LogP) is 3.24. The Morgan fingerprint density at radius 1 is 1.41 bits per heavy atom. The summed E-state index contributed by atoms with van der Waals surface area (Å²) in [6.45, 7) is 5.00. The minimum Gasteiger partial charge on any atom is -0.387 e. The smallest absolute Gasteiger partial charge is 0.255 e. The van der Waals surface area contributed by atoms with Gasteiger partial charge < -0.3 is 14.7 Å². The Hall–Kier alpha value is -0.810. The van der Waals surface area contributed by atoms with Crippen molar-refractivity contribution in [1.82, 2.24) is 4.90 Å². The van der Waals surface area contributed by atoms with Crippen molar-refractivity contribution >= 4 is 29.1 Å². The first-order valence-electron chi connectivity index (χ1n) is 7.16. The van der Waals surface area contributed by atoms with Gasteiger partial charge in [-0.15, -0.1) is 0 Å². The molecular formula is C16H21Cl2NO3. The van der Waals surface area contributed by atoms with Crippen molar-refractivity contribution in [2.24, 2.45) is 5.41 Å². The Labute approximate surface area is 141 Å². The van der Waals surface area contributed by atoms with E-state index in [0.29, 0.717) is 30.1 Å².